The first-order chi connectivity index (χ1) is 13.2. The lowest BCUT2D eigenvalue weighted by molar-refractivity contribution is 0.244. The molecule has 0 bridgehead atoms. The van der Waals surface area contributed by atoms with E-state index in [1.165, 1.54) is 19.3 Å². The molecule has 1 aliphatic carbocycles. The normalized spacial score (nSPS) is 14.3. The first-order valence-electron chi connectivity index (χ1n) is 9.34. The van der Waals surface area contributed by atoms with Crippen LogP contribution in [0, 0.1) is 0 Å². The molecule has 3 rings (SSSR count). The van der Waals surface area contributed by atoms with Gasteiger partial charge < -0.3 is 25.4 Å². The third-order valence-corrected chi connectivity index (χ3v) is 4.76. The average molecular weight is 369 g/mol. The molecule has 2 amide bonds. The Balaban J connectivity index is 1.56. The summed E-state index contributed by atoms with van der Waals surface area (Å²) in [4.78, 5) is 12.1. The van der Waals surface area contributed by atoms with Crippen LogP contribution in [0.2, 0.25) is 0 Å². The summed E-state index contributed by atoms with van der Waals surface area (Å²) in [7, 11) is 3.22. The number of methoxy groups -OCH3 is 2. The van der Waals surface area contributed by atoms with Gasteiger partial charge in [-0.15, -0.1) is 0 Å². The standard InChI is InChI=1S/C21H27N3O3/c1-26-19-13-12-18(14-20(19)27-2)22-16-8-10-17(11-9-16)24-21(25)23-15-6-4-3-5-7-15/h8-15,22H,3-7H2,1-2H3,(H2,23,24,25). The van der Waals surface area contributed by atoms with E-state index in [-0.39, 0.29) is 6.03 Å². The van der Waals surface area contributed by atoms with Gasteiger partial charge in [0.2, 0.25) is 0 Å². The Bertz CT molecular complexity index is 756. The Morgan fingerprint density at radius 3 is 2.15 bits per heavy atom. The van der Waals surface area contributed by atoms with Gasteiger partial charge in [-0.2, -0.15) is 0 Å². The maximum atomic E-state index is 12.1. The number of carbonyl (C=O) groups is 1. The summed E-state index contributed by atoms with van der Waals surface area (Å²) in [5, 5.41) is 9.27. The van der Waals surface area contributed by atoms with Crippen LogP contribution in [0.15, 0.2) is 42.5 Å². The fraction of sp³-hybridized carbons (Fsp3) is 0.381. The number of anilines is 3. The number of rotatable bonds is 6. The topological polar surface area (TPSA) is 71.6 Å². The number of nitrogens with one attached hydrogen (secondary N) is 3. The van der Waals surface area contributed by atoms with Crippen LogP contribution < -0.4 is 25.4 Å². The molecular formula is C21H27N3O3. The van der Waals surface area contributed by atoms with Crippen LogP contribution in [0.25, 0.3) is 0 Å². The molecule has 1 saturated carbocycles. The fourth-order valence-corrected chi connectivity index (χ4v) is 3.32. The second-order valence-corrected chi connectivity index (χ2v) is 6.71. The van der Waals surface area contributed by atoms with E-state index in [1.54, 1.807) is 14.2 Å². The smallest absolute Gasteiger partial charge is 0.319 e. The molecule has 0 atom stereocenters. The molecule has 1 fully saturated rings. The molecule has 2 aromatic carbocycles. The van der Waals surface area contributed by atoms with E-state index in [1.807, 2.05) is 42.5 Å². The second-order valence-electron chi connectivity index (χ2n) is 6.71. The van der Waals surface area contributed by atoms with Crippen LogP contribution in [0.3, 0.4) is 0 Å². The molecule has 0 unspecified atom stereocenters. The van der Waals surface area contributed by atoms with Gasteiger partial charge in [0.1, 0.15) is 0 Å². The molecule has 3 N–H and O–H groups in total. The van der Waals surface area contributed by atoms with Crippen molar-refractivity contribution < 1.29 is 14.3 Å². The predicted molar refractivity (Wildman–Crippen MR) is 108 cm³/mol. The van der Waals surface area contributed by atoms with Crippen molar-refractivity contribution in [3.63, 3.8) is 0 Å². The highest BCUT2D eigenvalue weighted by molar-refractivity contribution is 5.89. The van der Waals surface area contributed by atoms with Crippen LogP contribution in [0.5, 0.6) is 11.5 Å². The zero-order chi connectivity index (χ0) is 19.1. The average Bonchev–Trinajstić information content (AvgIpc) is 2.70. The van der Waals surface area contributed by atoms with Gasteiger partial charge in [-0.05, 0) is 49.2 Å². The molecule has 0 aliphatic heterocycles. The predicted octanol–water partition coefficient (Wildman–Crippen LogP) is 4.90. The van der Waals surface area contributed by atoms with E-state index in [0.29, 0.717) is 17.5 Å². The van der Waals surface area contributed by atoms with Crippen molar-refractivity contribution in [1.82, 2.24) is 5.32 Å². The Hall–Kier alpha value is -2.89. The van der Waals surface area contributed by atoms with E-state index < -0.39 is 0 Å². The number of hydrogen-bond acceptors (Lipinski definition) is 4. The molecule has 0 radical (unpaired) electrons. The van der Waals surface area contributed by atoms with Crippen molar-refractivity contribution >= 4 is 23.1 Å². The van der Waals surface area contributed by atoms with Gasteiger partial charge in [0, 0.05) is 29.2 Å². The molecule has 6 heteroatoms. The quantitative estimate of drug-likeness (QED) is 0.677. The Labute approximate surface area is 160 Å². The molecule has 27 heavy (non-hydrogen) atoms. The van der Waals surface area contributed by atoms with Gasteiger partial charge in [-0.25, -0.2) is 4.79 Å². The van der Waals surface area contributed by atoms with Gasteiger partial charge in [0.15, 0.2) is 11.5 Å². The van der Waals surface area contributed by atoms with Crippen LogP contribution in [-0.4, -0.2) is 26.3 Å². The van der Waals surface area contributed by atoms with E-state index in [4.69, 9.17) is 9.47 Å². The Morgan fingerprint density at radius 2 is 1.48 bits per heavy atom. The first kappa shape index (κ1) is 18.9. The summed E-state index contributed by atoms with van der Waals surface area (Å²) in [6, 6.07) is 13.4. The monoisotopic (exact) mass is 369 g/mol. The van der Waals surface area contributed by atoms with Gasteiger partial charge in [-0.1, -0.05) is 19.3 Å². The lowest BCUT2D eigenvalue weighted by Crippen LogP contribution is -2.38. The van der Waals surface area contributed by atoms with Gasteiger partial charge >= 0.3 is 6.03 Å². The number of benzene rings is 2. The first-order valence-corrected chi connectivity index (χ1v) is 9.34. The fourth-order valence-electron chi connectivity index (χ4n) is 3.32. The van der Waals surface area contributed by atoms with Crippen LogP contribution in [0.1, 0.15) is 32.1 Å². The molecule has 144 valence electrons. The number of urea groups is 1. The Kier molecular flexibility index (Phi) is 6.41. The lowest BCUT2D eigenvalue weighted by atomic mass is 9.96. The summed E-state index contributed by atoms with van der Waals surface area (Å²) in [5.74, 6) is 1.35. The van der Waals surface area contributed by atoms with Crippen LogP contribution in [0.4, 0.5) is 21.9 Å². The molecule has 2 aromatic rings. The summed E-state index contributed by atoms with van der Waals surface area (Å²) < 4.78 is 10.6. The van der Waals surface area contributed by atoms with E-state index >= 15 is 0 Å². The Morgan fingerprint density at radius 1 is 0.852 bits per heavy atom. The maximum absolute atomic E-state index is 12.1. The summed E-state index contributed by atoms with van der Waals surface area (Å²) >= 11 is 0. The largest absolute Gasteiger partial charge is 0.493 e. The summed E-state index contributed by atoms with van der Waals surface area (Å²) in [5.41, 5.74) is 2.57. The maximum Gasteiger partial charge on any atom is 0.319 e. The molecule has 0 spiro atoms. The zero-order valence-corrected chi connectivity index (χ0v) is 15.9. The van der Waals surface area contributed by atoms with Crippen molar-refractivity contribution in [1.29, 1.82) is 0 Å². The lowest BCUT2D eigenvalue weighted by Gasteiger charge is -2.22. The molecule has 0 aromatic heterocycles. The van der Waals surface area contributed by atoms with Crippen molar-refractivity contribution in [3.05, 3.63) is 42.5 Å². The highest BCUT2D eigenvalue weighted by Crippen LogP contribution is 2.31. The number of ether oxygens (including phenoxy) is 2. The van der Waals surface area contributed by atoms with Crippen molar-refractivity contribution in [3.8, 4) is 11.5 Å². The van der Waals surface area contributed by atoms with Crippen LogP contribution in [-0.2, 0) is 0 Å². The number of carbonyl (C=O) groups excluding carboxylic acids is 1. The van der Waals surface area contributed by atoms with E-state index in [0.717, 1.165) is 29.9 Å². The van der Waals surface area contributed by atoms with Crippen LogP contribution >= 0.6 is 0 Å². The number of amides is 2. The molecule has 6 nitrogen and oxygen atoms in total. The van der Waals surface area contributed by atoms with Gasteiger partial charge in [0.25, 0.3) is 0 Å². The zero-order valence-electron chi connectivity index (χ0n) is 15.9. The summed E-state index contributed by atoms with van der Waals surface area (Å²) in [6.07, 6.45) is 5.81. The highest BCUT2D eigenvalue weighted by atomic mass is 16.5. The second kappa shape index (κ2) is 9.16. The molecule has 0 saturated heterocycles. The summed E-state index contributed by atoms with van der Waals surface area (Å²) in [6.45, 7) is 0. The molecular weight excluding hydrogens is 342 g/mol. The third kappa shape index (κ3) is 5.29. The minimum atomic E-state index is -0.137. The highest BCUT2D eigenvalue weighted by Gasteiger charge is 2.15. The van der Waals surface area contributed by atoms with Gasteiger partial charge in [0.05, 0.1) is 14.2 Å². The number of hydrogen-bond donors (Lipinski definition) is 3. The SMILES string of the molecule is COc1ccc(Nc2ccc(NC(=O)NC3CCCCC3)cc2)cc1OC. The van der Waals surface area contributed by atoms with Crippen molar-refractivity contribution in [2.24, 2.45) is 0 Å². The minimum absolute atomic E-state index is 0.137. The van der Waals surface area contributed by atoms with E-state index in [9.17, 15) is 4.79 Å². The minimum Gasteiger partial charge on any atom is -0.493 e. The van der Waals surface area contributed by atoms with Gasteiger partial charge in [-0.3, -0.25) is 0 Å². The molecule has 0 heterocycles. The van der Waals surface area contributed by atoms with Crippen molar-refractivity contribution in [2.45, 2.75) is 38.1 Å². The molecule has 1 aliphatic rings. The third-order valence-electron chi connectivity index (χ3n) is 4.76. The van der Waals surface area contributed by atoms with E-state index in [2.05, 4.69) is 16.0 Å². The van der Waals surface area contributed by atoms with Crippen molar-refractivity contribution in [2.75, 3.05) is 24.9 Å².